The molecular formula is C57H116B2N12O6+2. The first-order chi connectivity index (χ1) is 35.3. The minimum absolute atomic E-state index is 0. The molecule has 0 amide bonds. The maximum atomic E-state index is 11.0. The van der Waals surface area contributed by atoms with Gasteiger partial charge >= 0.3 is 0 Å². The Kier molecular flexibility index (Phi) is 88.0. The lowest BCUT2D eigenvalue weighted by molar-refractivity contribution is -0.488. The lowest BCUT2D eigenvalue weighted by atomic mass is 10.1. The summed E-state index contributed by atoms with van der Waals surface area (Å²) in [5.74, 6) is 0.967. The highest BCUT2D eigenvalue weighted by Gasteiger charge is 2.13. The van der Waals surface area contributed by atoms with Crippen LogP contribution in [0, 0.1) is 6.42 Å². The van der Waals surface area contributed by atoms with Gasteiger partial charge in [-0.15, -0.1) is 0 Å². The minimum atomic E-state index is -0.303. The first-order valence-electron chi connectivity index (χ1n) is 26.4. The Morgan fingerprint density at radius 2 is 1.01 bits per heavy atom. The number of likely N-dealkylation sites (N-methyl/N-ethyl adjacent to an activating group) is 4. The second-order valence-corrected chi connectivity index (χ2v) is 17.9. The number of unbranched alkanes of at least 4 members (excludes halogenated alkanes) is 5. The van der Waals surface area contributed by atoms with Crippen molar-refractivity contribution >= 4 is 66.0 Å². The molecule has 0 aromatic carbocycles. The first kappa shape index (κ1) is 92.0. The molecule has 0 aromatic rings. The van der Waals surface area contributed by atoms with Crippen LogP contribution in [-0.4, -0.2) is 208 Å². The van der Waals surface area contributed by atoms with Crippen molar-refractivity contribution in [2.45, 2.75) is 162 Å². The van der Waals surface area contributed by atoms with Crippen molar-refractivity contribution in [1.82, 2.24) is 42.1 Å². The Morgan fingerprint density at radius 1 is 0.636 bits per heavy atom. The van der Waals surface area contributed by atoms with Gasteiger partial charge in [0.2, 0.25) is 0 Å². The summed E-state index contributed by atoms with van der Waals surface area (Å²) in [6.07, 6.45) is 32.0. The smallest absolute Gasteiger partial charge is 0.146 e. The largest absolute Gasteiger partial charge is 0.387 e. The molecule has 5 unspecified atom stereocenters. The lowest BCUT2D eigenvalue weighted by Crippen LogP contribution is -2.32. The highest BCUT2D eigenvalue weighted by molar-refractivity contribution is 5.82. The first-order valence-corrected chi connectivity index (χ1v) is 26.4. The van der Waals surface area contributed by atoms with E-state index in [0.29, 0.717) is 13.0 Å². The average Bonchev–Trinajstić information content (AvgIpc) is 3.38. The molecule has 5 atom stereocenters. The normalized spacial score (nSPS) is 12.7. The van der Waals surface area contributed by atoms with Crippen LogP contribution in [0.1, 0.15) is 132 Å². The van der Waals surface area contributed by atoms with E-state index in [2.05, 4.69) is 86.8 Å². The summed E-state index contributed by atoms with van der Waals surface area (Å²) in [4.78, 5) is 68.4. The van der Waals surface area contributed by atoms with Crippen molar-refractivity contribution in [1.29, 1.82) is 0 Å². The molecule has 2 heterocycles. The molecule has 2 rings (SSSR count). The number of dihydropyridines is 2. The van der Waals surface area contributed by atoms with Crippen molar-refractivity contribution in [3.8, 4) is 0 Å². The van der Waals surface area contributed by atoms with E-state index >= 15 is 0 Å². The van der Waals surface area contributed by atoms with Crippen molar-refractivity contribution in [3.05, 3.63) is 55.3 Å². The van der Waals surface area contributed by atoms with E-state index < -0.39 is 0 Å². The van der Waals surface area contributed by atoms with Gasteiger partial charge in [-0.2, -0.15) is 0 Å². The second kappa shape index (κ2) is 73.7. The highest BCUT2D eigenvalue weighted by Crippen LogP contribution is 2.04. The van der Waals surface area contributed by atoms with E-state index in [0.717, 1.165) is 116 Å². The summed E-state index contributed by atoms with van der Waals surface area (Å²) >= 11 is 0. The summed E-state index contributed by atoms with van der Waals surface area (Å²) < 4.78 is 1.92. The van der Waals surface area contributed by atoms with Crippen LogP contribution in [0.5, 0.6) is 0 Å². The number of hydrogen-bond acceptors (Lipinski definition) is 17. The van der Waals surface area contributed by atoms with E-state index in [4.69, 9.17) is 16.3 Å². The Morgan fingerprint density at radius 3 is 1.26 bits per heavy atom. The minimum Gasteiger partial charge on any atom is -0.387 e. The standard InChI is InChI=1S/C10H22N2O.C10H21N2O.C9H20N2O.C9H18N2O.C7H15N2O.2C5H7N.CH2O.CH4.2B/c2*1-9(13)10(11-2)7-5-6-8-12(3)4;2*1-8(12)9(11-3)6-4-5-7-10-2;1-6(10)7(9)4-2-3-5-8;2*1-2-4-6-5-3-1;1-2;;;/h10-11H,5-8H2,1-4H3;10-11H,3,5-8H2,1-2,4H3;9-11H,4-7H2,1-3H3;9,11H,2,4-7H2,1,3H3;3,7H,2,4-5,8-9H2,1H3;2*1-4,6H,5H2;1H2;1H4;;/q;+1;;;+1;;;;;;. The van der Waals surface area contributed by atoms with Crippen LogP contribution in [-0.2, 0) is 28.8 Å². The maximum absolute atomic E-state index is 11.0. The van der Waals surface area contributed by atoms with Gasteiger partial charge in [-0.3, -0.25) is 29.7 Å². The number of aliphatic imine (C=N–C) groups is 1. The monoisotopic (exact) mass is 1090 g/mol. The molecule has 6 radical (unpaired) electrons. The van der Waals surface area contributed by atoms with Crippen LogP contribution in [0.3, 0.4) is 0 Å². The quantitative estimate of drug-likeness (QED) is 0.0148. The van der Waals surface area contributed by atoms with Crippen LogP contribution >= 0.6 is 0 Å². The fourth-order valence-corrected chi connectivity index (χ4v) is 6.36. The number of Topliss-reactive ketones (excluding diaryl/α,β-unsaturated/α-hetero) is 5. The van der Waals surface area contributed by atoms with Crippen LogP contribution in [0.15, 0.2) is 53.8 Å². The lowest BCUT2D eigenvalue weighted by Gasteiger charge is -2.13. The number of allylic oxidation sites excluding steroid dienone is 4. The van der Waals surface area contributed by atoms with Gasteiger partial charge in [0.25, 0.3) is 0 Å². The van der Waals surface area contributed by atoms with Crippen LogP contribution in [0.4, 0.5) is 0 Å². The van der Waals surface area contributed by atoms with Gasteiger partial charge in [0.1, 0.15) is 62.6 Å². The van der Waals surface area contributed by atoms with Crippen LogP contribution < -0.4 is 48.7 Å². The summed E-state index contributed by atoms with van der Waals surface area (Å²) in [5, 5.41) is 21.1. The summed E-state index contributed by atoms with van der Waals surface area (Å²) in [6.45, 7) is 23.7. The fraction of sp³-hybridized carbons (Fsp3) is 0.702. The molecule has 2 aliphatic rings. The molecule has 0 aliphatic carbocycles. The molecule has 0 saturated heterocycles. The number of carbonyl (C=O) groups is 6. The Balaban J connectivity index is -0.000000100. The van der Waals surface area contributed by atoms with Gasteiger partial charge < -0.3 is 57.6 Å². The molecular weight excluding hydrogens is 970 g/mol. The van der Waals surface area contributed by atoms with Gasteiger partial charge in [0.05, 0.1) is 43.1 Å². The third kappa shape index (κ3) is 78.2. The predicted octanol–water partition coefficient (Wildman–Crippen LogP) is 4.01. The van der Waals surface area contributed by atoms with Gasteiger partial charge in [-0.1, -0.05) is 44.6 Å². The van der Waals surface area contributed by atoms with Gasteiger partial charge in [-0.05, 0) is 186 Å². The molecule has 77 heavy (non-hydrogen) atoms. The molecule has 0 saturated carbocycles. The van der Waals surface area contributed by atoms with Crippen molar-refractivity contribution in [2.75, 3.05) is 102 Å². The number of nitrogens with zero attached hydrogens (tertiary/aromatic N) is 3. The van der Waals surface area contributed by atoms with E-state index in [-0.39, 0.29) is 83.4 Å². The van der Waals surface area contributed by atoms with Crippen LogP contribution in [0.2, 0.25) is 0 Å². The molecule has 20 heteroatoms. The fourth-order valence-electron chi connectivity index (χ4n) is 6.36. The molecule has 0 aromatic heterocycles. The van der Waals surface area contributed by atoms with Gasteiger partial charge in [0, 0.05) is 49.3 Å². The Hall–Kier alpha value is -4.40. The number of nitrogens with two attached hydrogens (primary N) is 2. The van der Waals surface area contributed by atoms with Gasteiger partial charge in [-0.25, -0.2) is 4.58 Å². The molecule has 444 valence electrons. The number of carbonyl (C=O) groups excluding carboxylic acids is 6. The third-order valence-electron chi connectivity index (χ3n) is 11.0. The summed E-state index contributed by atoms with van der Waals surface area (Å²) in [6, 6.07) is -0.128. The van der Waals surface area contributed by atoms with E-state index in [1.54, 1.807) is 27.7 Å². The molecule has 18 nitrogen and oxygen atoms in total. The summed E-state index contributed by atoms with van der Waals surface area (Å²) in [7, 11) is 15.4. The molecule has 2 aliphatic heterocycles. The SMILES string of the molecule is C.C1=CCNC=C1.C1=CCNC=C1.C=NCCCCC(NC)C(C)=O.C=O.C=[N+](C)CCCCC(NC)C(C)=O.CC(=O)C(N)CC[CH+]CN.CNC(CCCCN(C)C)C(C)=O.CNCCCCC(NC)C(C)=O.[B].[B]. The van der Waals surface area contributed by atoms with Crippen molar-refractivity contribution in [2.24, 2.45) is 16.5 Å². The van der Waals surface area contributed by atoms with Gasteiger partial charge in [0.15, 0.2) is 0 Å². The Bertz CT molecular complexity index is 1440. The Labute approximate surface area is 475 Å². The summed E-state index contributed by atoms with van der Waals surface area (Å²) in [5.41, 5.74) is 10.7. The average molecular weight is 1090 g/mol. The van der Waals surface area contributed by atoms with Crippen molar-refractivity contribution in [3.63, 3.8) is 0 Å². The second-order valence-electron chi connectivity index (χ2n) is 17.9. The van der Waals surface area contributed by atoms with E-state index in [9.17, 15) is 24.0 Å². The third-order valence-corrected chi connectivity index (χ3v) is 11.0. The number of ketones is 5. The highest BCUT2D eigenvalue weighted by atomic mass is 16.1. The molecule has 11 N–H and O–H groups in total. The topological polar surface area (TPSA) is 257 Å². The number of nitrogens with one attached hydrogen (secondary N) is 7. The predicted molar refractivity (Wildman–Crippen MR) is 334 cm³/mol. The molecule has 0 bridgehead atoms. The zero-order valence-corrected chi connectivity index (χ0v) is 50.2. The zero-order valence-electron chi connectivity index (χ0n) is 50.2. The van der Waals surface area contributed by atoms with Crippen molar-refractivity contribution < 1.29 is 33.3 Å². The molecule has 0 fully saturated rings. The maximum Gasteiger partial charge on any atom is 0.146 e. The zero-order chi connectivity index (χ0) is 57.8. The molecule has 0 spiro atoms. The number of hydrogen-bond donors (Lipinski definition) is 9. The van der Waals surface area contributed by atoms with Crippen LogP contribution in [0.25, 0.3) is 0 Å². The van der Waals surface area contributed by atoms with E-state index in [1.807, 2.05) is 96.8 Å². The van der Waals surface area contributed by atoms with E-state index in [1.165, 1.54) is 13.3 Å². The number of rotatable bonds is 33.